The second-order valence-corrected chi connectivity index (χ2v) is 5.98. The molecule has 2 nitrogen and oxygen atoms in total. The van der Waals surface area contributed by atoms with Gasteiger partial charge in [-0.15, -0.1) is 0 Å². The zero-order valence-electron chi connectivity index (χ0n) is 10.1. The Kier molecular flexibility index (Phi) is 4.60. The Balaban J connectivity index is 1.93. The van der Waals surface area contributed by atoms with Gasteiger partial charge in [0.25, 0.3) is 0 Å². The van der Waals surface area contributed by atoms with Crippen LogP contribution in [0.5, 0.6) is 0 Å². The van der Waals surface area contributed by atoms with Crippen LogP contribution >= 0.6 is 15.9 Å². The molecule has 2 rings (SSSR count). The summed E-state index contributed by atoms with van der Waals surface area (Å²) in [5, 5.41) is 0. The Morgan fingerprint density at radius 2 is 1.71 bits per heavy atom. The zero-order chi connectivity index (χ0) is 12.3. The van der Waals surface area contributed by atoms with E-state index in [1.54, 1.807) is 0 Å². The minimum atomic E-state index is 0.195. The lowest BCUT2D eigenvalue weighted by molar-refractivity contribution is 0.284. The van der Waals surface area contributed by atoms with E-state index in [1.165, 1.54) is 31.2 Å². The number of hydrogen-bond acceptors (Lipinski definition) is 2. The van der Waals surface area contributed by atoms with Gasteiger partial charge < -0.3 is 11.5 Å². The number of nitrogens with two attached hydrogens (primary N) is 2. The van der Waals surface area contributed by atoms with Gasteiger partial charge in [0, 0.05) is 17.1 Å². The molecule has 1 saturated carbocycles. The molecule has 0 aliphatic heterocycles. The summed E-state index contributed by atoms with van der Waals surface area (Å²) in [6, 6.07) is 8.93. The smallest absolute Gasteiger partial charge is 0.0191 e. The second-order valence-electron chi connectivity index (χ2n) is 5.06. The third kappa shape index (κ3) is 3.30. The molecule has 0 aromatic heterocycles. The van der Waals surface area contributed by atoms with Gasteiger partial charge >= 0.3 is 0 Å². The van der Waals surface area contributed by atoms with Crippen molar-refractivity contribution in [2.45, 2.75) is 37.6 Å². The van der Waals surface area contributed by atoms with Gasteiger partial charge in [-0.25, -0.2) is 0 Å². The summed E-state index contributed by atoms with van der Waals surface area (Å²) in [6.07, 6.45) is 4.94. The van der Waals surface area contributed by atoms with Crippen LogP contribution in [0.3, 0.4) is 0 Å². The minimum absolute atomic E-state index is 0.195. The van der Waals surface area contributed by atoms with Gasteiger partial charge in [-0.3, -0.25) is 0 Å². The van der Waals surface area contributed by atoms with Crippen LogP contribution in [-0.2, 0) is 0 Å². The maximum atomic E-state index is 6.02. The van der Waals surface area contributed by atoms with Crippen LogP contribution in [0, 0.1) is 5.92 Å². The van der Waals surface area contributed by atoms with E-state index in [9.17, 15) is 0 Å². The third-order valence-corrected chi connectivity index (χ3v) is 4.52. The Labute approximate surface area is 112 Å². The molecule has 1 aliphatic carbocycles. The molecule has 1 fully saturated rings. The van der Waals surface area contributed by atoms with Crippen molar-refractivity contribution in [3.8, 4) is 0 Å². The molecule has 17 heavy (non-hydrogen) atoms. The van der Waals surface area contributed by atoms with Crippen molar-refractivity contribution in [3.63, 3.8) is 0 Å². The van der Waals surface area contributed by atoms with Crippen LogP contribution < -0.4 is 11.5 Å². The van der Waals surface area contributed by atoms with E-state index in [-0.39, 0.29) is 6.04 Å². The maximum Gasteiger partial charge on any atom is 0.0191 e. The van der Waals surface area contributed by atoms with Crippen molar-refractivity contribution in [1.29, 1.82) is 0 Å². The van der Waals surface area contributed by atoms with Crippen molar-refractivity contribution in [1.82, 2.24) is 0 Å². The van der Waals surface area contributed by atoms with Crippen molar-refractivity contribution in [2.75, 3.05) is 6.54 Å². The standard InChI is InChI=1S/C14H21BrN2/c15-13-7-5-11(6-8-13)10-1-3-12(4-2-10)14(17)9-16/h5-8,10,12,14H,1-4,9,16-17H2. The second kappa shape index (κ2) is 5.98. The molecule has 94 valence electrons. The molecular formula is C14H21BrN2. The van der Waals surface area contributed by atoms with Crippen LogP contribution in [0.4, 0.5) is 0 Å². The van der Waals surface area contributed by atoms with Gasteiger partial charge in [-0.2, -0.15) is 0 Å². The molecule has 1 unspecified atom stereocenters. The van der Waals surface area contributed by atoms with E-state index in [0.717, 1.165) is 4.47 Å². The van der Waals surface area contributed by atoms with Crippen LogP contribution in [0.25, 0.3) is 0 Å². The minimum Gasteiger partial charge on any atom is -0.329 e. The Bertz CT molecular complexity index is 342. The van der Waals surface area contributed by atoms with Crippen LogP contribution in [0.15, 0.2) is 28.7 Å². The van der Waals surface area contributed by atoms with E-state index in [0.29, 0.717) is 18.4 Å². The normalized spacial score (nSPS) is 26.8. The first-order valence-corrected chi connectivity index (χ1v) is 7.21. The highest BCUT2D eigenvalue weighted by molar-refractivity contribution is 9.10. The lowest BCUT2D eigenvalue weighted by Crippen LogP contribution is -2.38. The van der Waals surface area contributed by atoms with E-state index < -0.39 is 0 Å². The van der Waals surface area contributed by atoms with Gasteiger partial charge in [0.05, 0.1) is 0 Å². The quantitative estimate of drug-likeness (QED) is 0.901. The summed E-state index contributed by atoms with van der Waals surface area (Å²) in [5.41, 5.74) is 13.1. The molecular weight excluding hydrogens is 276 g/mol. The summed E-state index contributed by atoms with van der Waals surface area (Å²) in [4.78, 5) is 0. The van der Waals surface area contributed by atoms with Gasteiger partial charge in [0.15, 0.2) is 0 Å². The van der Waals surface area contributed by atoms with Crippen LogP contribution in [0.1, 0.15) is 37.2 Å². The van der Waals surface area contributed by atoms with E-state index >= 15 is 0 Å². The largest absolute Gasteiger partial charge is 0.329 e. The van der Waals surface area contributed by atoms with Gasteiger partial charge in [0.1, 0.15) is 0 Å². The van der Waals surface area contributed by atoms with Gasteiger partial charge in [0.2, 0.25) is 0 Å². The highest BCUT2D eigenvalue weighted by Crippen LogP contribution is 2.36. The van der Waals surface area contributed by atoms with E-state index in [2.05, 4.69) is 40.2 Å². The van der Waals surface area contributed by atoms with Crippen molar-refractivity contribution < 1.29 is 0 Å². The Hall–Kier alpha value is -0.380. The summed E-state index contributed by atoms with van der Waals surface area (Å²) in [7, 11) is 0. The first kappa shape index (κ1) is 13.1. The molecule has 4 N–H and O–H groups in total. The summed E-state index contributed by atoms with van der Waals surface area (Å²) < 4.78 is 1.15. The highest BCUT2D eigenvalue weighted by Gasteiger charge is 2.25. The summed E-state index contributed by atoms with van der Waals surface area (Å²) in [5.74, 6) is 1.34. The van der Waals surface area contributed by atoms with Crippen LogP contribution in [-0.4, -0.2) is 12.6 Å². The molecule has 1 aromatic carbocycles. The monoisotopic (exact) mass is 296 g/mol. The molecule has 0 amide bonds. The number of halogens is 1. The molecule has 0 saturated heterocycles. The summed E-state index contributed by atoms with van der Waals surface area (Å²) >= 11 is 3.48. The molecule has 0 radical (unpaired) electrons. The summed E-state index contributed by atoms with van der Waals surface area (Å²) in [6.45, 7) is 0.619. The van der Waals surface area contributed by atoms with E-state index in [1.807, 2.05) is 0 Å². The SMILES string of the molecule is NCC(N)C1CCC(c2ccc(Br)cc2)CC1. The topological polar surface area (TPSA) is 52.0 Å². The van der Waals surface area contributed by atoms with Crippen molar-refractivity contribution in [2.24, 2.45) is 17.4 Å². The fraction of sp³-hybridized carbons (Fsp3) is 0.571. The van der Waals surface area contributed by atoms with Crippen LogP contribution in [0.2, 0.25) is 0 Å². The average Bonchev–Trinajstić information content (AvgIpc) is 2.39. The Morgan fingerprint density at radius 3 is 2.24 bits per heavy atom. The predicted molar refractivity (Wildman–Crippen MR) is 75.9 cm³/mol. The molecule has 0 heterocycles. The predicted octanol–water partition coefficient (Wildman–Crippen LogP) is 3.01. The first-order chi connectivity index (χ1) is 8.20. The lowest BCUT2D eigenvalue weighted by Gasteiger charge is -2.31. The number of rotatable bonds is 3. The Morgan fingerprint density at radius 1 is 1.12 bits per heavy atom. The molecule has 0 bridgehead atoms. The first-order valence-electron chi connectivity index (χ1n) is 6.42. The molecule has 1 aliphatic rings. The molecule has 0 spiro atoms. The van der Waals surface area contributed by atoms with E-state index in [4.69, 9.17) is 11.5 Å². The van der Waals surface area contributed by atoms with Gasteiger partial charge in [-0.1, -0.05) is 28.1 Å². The van der Waals surface area contributed by atoms with Crippen molar-refractivity contribution in [3.05, 3.63) is 34.3 Å². The number of benzene rings is 1. The zero-order valence-corrected chi connectivity index (χ0v) is 11.7. The number of hydrogen-bond donors (Lipinski definition) is 2. The maximum absolute atomic E-state index is 6.02. The molecule has 3 heteroatoms. The fourth-order valence-electron chi connectivity index (χ4n) is 2.81. The molecule has 1 aromatic rings. The fourth-order valence-corrected chi connectivity index (χ4v) is 3.07. The molecule has 1 atom stereocenters. The van der Waals surface area contributed by atoms with Crippen molar-refractivity contribution >= 4 is 15.9 Å². The van der Waals surface area contributed by atoms with Gasteiger partial charge in [-0.05, 0) is 55.2 Å². The average molecular weight is 297 g/mol. The lowest BCUT2D eigenvalue weighted by atomic mass is 9.76. The highest BCUT2D eigenvalue weighted by atomic mass is 79.9. The third-order valence-electron chi connectivity index (χ3n) is 3.99.